The Bertz CT molecular complexity index is 424. The molecule has 0 aliphatic heterocycles. The molecule has 15 heavy (non-hydrogen) atoms. The summed E-state index contributed by atoms with van der Waals surface area (Å²) in [6.45, 7) is 1.74. The monoisotopic (exact) mass is 221 g/mol. The Morgan fingerprint density at radius 3 is 3.00 bits per heavy atom. The molecule has 0 fully saturated rings. The average molecular weight is 221 g/mol. The molecule has 2 rings (SSSR count). The molecule has 0 radical (unpaired) electrons. The Morgan fingerprint density at radius 1 is 1.27 bits per heavy atom. The largest absolute Gasteiger partial charge is 0.375 e. The zero-order valence-corrected chi connectivity index (χ0v) is 9.39. The van der Waals surface area contributed by atoms with E-state index in [4.69, 9.17) is 5.73 Å². The number of hydrogen-bond donors (Lipinski definition) is 2. The van der Waals surface area contributed by atoms with Gasteiger partial charge in [0.25, 0.3) is 0 Å². The first-order valence-corrected chi connectivity index (χ1v) is 5.97. The topological polar surface area (TPSA) is 50.9 Å². The first kappa shape index (κ1) is 10.4. The third-order valence-corrected chi connectivity index (χ3v) is 3.14. The van der Waals surface area contributed by atoms with E-state index in [2.05, 4.69) is 15.8 Å². The van der Waals surface area contributed by atoms with Gasteiger partial charge in [-0.1, -0.05) is 12.1 Å². The van der Waals surface area contributed by atoms with Crippen LogP contribution in [0.1, 0.15) is 12.8 Å². The fraction of sp³-hybridized carbons (Fsp3) is 0.364. The SMILES string of the molecule is NCCCCNc1snc2ccccc12. The Kier molecular flexibility index (Phi) is 3.53. The van der Waals surface area contributed by atoms with E-state index in [1.807, 2.05) is 18.2 Å². The number of fused-ring (bicyclic) bond motifs is 1. The van der Waals surface area contributed by atoms with Crippen LogP contribution in [0.25, 0.3) is 10.9 Å². The minimum absolute atomic E-state index is 0.769. The van der Waals surface area contributed by atoms with Gasteiger partial charge >= 0.3 is 0 Å². The van der Waals surface area contributed by atoms with E-state index in [9.17, 15) is 0 Å². The van der Waals surface area contributed by atoms with Gasteiger partial charge in [0.15, 0.2) is 0 Å². The van der Waals surface area contributed by atoms with Crippen molar-refractivity contribution in [3.63, 3.8) is 0 Å². The lowest BCUT2D eigenvalue weighted by molar-refractivity contribution is 0.775. The fourth-order valence-corrected chi connectivity index (χ4v) is 2.27. The molecular weight excluding hydrogens is 206 g/mol. The lowest BCUT2D eigenvalue weighted by atomic mass is 10.2. The summed E-state index contributed by atoms with van der Waals surface area (Å²) in [5.41, 5.74) is 6.51. The number of nitrogens with zero attached hydrogens (tertiary/aromatic N) is 1. The molecule has 0 amide bonds. The van der Waals surface area contributed by atoms with E-state index in [0.717, 1.165) is 31.4 Å². The number of nitrogens with two attached hydrogens (primary N) is 1. The third kappa shape index (κ3) is 2.46. The van der Waals surface area contributed by atoms with Gasteiger partial charge in [0.1, 0.15) is 5.00 Å². The number of hydrogen-bond acceptors (Lipinski definition) is 4. The van der Waals surface area contributed by atoms with Gasteiger partial charge in [-0.15, -0.1) is 0 Å². The molecule has 2 aromatic rings. The van der Waals surface area contributed by atoms with Crippen LogP contribution >= 0.6 is 11.5 Å². The van der Waals surface area contributed by atoms with Gasteiger partial charge < -0.3 is 11.1 Å². The molecular formula is C11H15N3S. The van der Waals surface area contributed by atoms with Crippen LogP contribution in [0, 0.1) is 0 Å². The van der Waals surface area contributed by atoms with Crippen LogP contribution in [0.5, 0.6) is 0 Å². The summed E-state index contributed by atoms with van der Waals surface area (Å²) in [5.74, 6) is 0. The first-order chi connectivity index (χ1) is 7.42. The molecule has 3 nitrogen and oxygen atoms in total. The van der Waals surface area contributed by atoms with Gasteiger partial charge in [0.05, 0.1) is 5.52 Å². The molecule has 0 aliphatic rings. The van der Waals surface area contributed by atoms with Crippen molar-refractivity contribution in [2.24, 2.45) is 5.73 Å². The molecule has 3 N–H and O–H groups in total. The van der Waals surface area contributed by atoms with Gasteiger partial charge in [0, 0.05) is 11.9 Å². The second-order valence-electron chi connectivity index (χ2n) is 3.45. The number of benzene rings is 1. The molecule has 0 atom stereocenters. The molecule has 0 saturated heterocycles. The van der Waals surface area contributed by atoms with Crippen molar-refractivity contribution in [1.29, 1.82) is 0 Å². The second-order valence-corrected chi connectivity index (χ2v) is 4.22. The highest BCUT2D eigenvalue weighted by molar-refractivity contribution is 7.11. The second kappa shape index (κ2) is 5.09. The molecule has 0 saturated carbocycles. The van der Waals surface area contributed by atoms with Gasteiger partial charge in [-0.25, -0.2) is 0 Å². The molecule has 0 unspecified atom stereocenters. The van der Waals surface area contributed by atoms with Crippen LogP contribution in [0.3, 0.4) is 0 Å². The molecule has 0 aliphatic carbocycles. The lowest BCUT2D eigenvalue weighted by Crippen LogP contribution is -2.04. The predicted molar refractivity (Wildman–Crippen MR) is 66.4 cm³/mol. The highest BCUT2D eigenvalue weighted by Crippen LogP contribution is 2.26. The minimum atomic E-state index is 0.769. The number of unbranched alkanes of at least 4 members (excludes halogenated alkanes) is 1. The summed E-state index contributed by atoms with van der Waals surface area (Å²) < 4.78 is 4.37. The molecule has 80 valence electrons. The Morgan fingerprint density at radius 2 is 2.13 bits per heavy atom. The van der Waals surface area contributed by atoms with Gasteiger partial charge in [-0.05, 0) is 43.1 Å². The van der Waals surface area contributed by atoms with E-state index in [-0.39, 0.29) is 0 Å². The van der Waals surface area contributed by atoms with Crippen molar-refractivity contribution in [1.82, 2.24) is 4.37 Å². The normalized spacial score (nSPS) is 10.7. The van der Waals surface area contributed by atoms with Crippen LogP contribution in [0.15, 0.2) is 24.3 Å². The van der Waals surface area contributed by atoms with E-state index >= 15 is 0 Å². The quantitative estimate of drug-likeness (QED) is 0.762. The molecule has 0 spiro atoms. The number of nitrogens with one attached hydrogen (secondary N) is 1. The summed E-state index contributed by atoms with van der Waals surface area (Å²) in [6, 6.07) is 8.20. The summed E-state index contributed by atoms with van der Waals surface area (Å²) in [4.78, 5) is 0. The first-order valence-electron chi connectivity index (χ1n) is 5.20. The van der Waals surface area contributed by atoms with Crippen molar-refractivity contribution in [2.45, 2.75) is 12.8 Å². The van der Waals surface area contributed by atoms with E-state index in [0.29, 0.717) is 0 Å². The van der Waals surface area contributed by atoms with Crippen molar-refractivity contribution >= 4 is 27.4 Å². The van der Waals surface area contributed by atoms with Crippen molar-refractivity contribution in [3.8, 4) is 0 Å². The summed E-state index contributed by atoms with van der Waals surface area (Å²) in [7, 11) is 0. The van der Waals surface area contributed by atoms with Gasteiger partial charge in [0.2, 0.25) is 0 Å². The van der Waals surface area contributed by atoms with Crippen molar-refractivity contribution in [3.05, 3.63) is 24.3 Å². The number of aromatic nitrogens is 1. The average Bonchev–Trinajstić information content (AvgIpc) is 2.68. The van der Waals surface area contributed by atoms with Crippen LogP contribution in [0.2, 0.25) is 0 Å². The number of rotatable bonds is 5. The maximum atomic E-state index is 5.44. The third-order valence-electron chi connectivity index (χ3n) is 2.30. The summed E-state index contributed by atoms with van der Waals surface area (Å²) in [5, 5.41) is 5.79. The molecule has 1 heterocycles. The fourth-order valence-electron chi connectivity index (χ4n) is 1.49. The highest BCUT2D eigenvalue weighted by atomic mass is 32.1. The smallest absolute Gasteiger partial charge is 0.117 e. The molecule has 4 heteroatoms. The Balaban J connectivity index is 2.02. The Hall–Kier alpha value is -1.13. The minimum Gasteiger partial charge on any atom is -0.375 e. The van der Waals surface area contributed by atoms with Gasteiger partial charge in [-0.3, -0.25) is 0 Å². The van der Waals surface area contributed by atoms with E-state index < -0.39 is 0 Å². The van der Waals surface area contributed by atoms with Gasteiger partial charge in [-0.2, -0.15) is 4.37 Å². The van der Waals surface area contributed by atoms with E-state index in [1.54, 1.807) is 0 Å². The predicted octanol–water partition coefficient (Wildman–Crippen LogP) is 2.45. The number of anilines is 1. The van der Waals surface area contributed by atoms with Crippen LogP contribution in [-0.2, 0) is 0 Å². The summed E-state index contributed by atoms with van der Waals surface area (Å²) in [6.07, 6.45) is 2.19. The standard InChI is InChI=1S/C11H15N3S/c12-7-3-4-8-13-11-9-5-1-2-6-10(9)14-15-11/h1-2,5-6,13H,3-4,7-8,12H2. The maximum absolute atomic E-state index is 5.44. The van der Waals surface area contributed by atoms with Crippen molar-refractivity contribution < 1.29 is 0 Å². The van der Waals surface area contributed by atoms with E-state index in [1.165, 1.54) is 21.9 Å². The highest BCUT2D eigenvalue weighted by Gasteiger charge is 2.03. The van der Waals surface area contributed by atoms with Crippen LogP contribution < -0.4 is 11.1 Å². The molecule has 1 aromatic heterocycles. The molecule has 0 bridgehead atoms. The summed E-state index contributed by atoms with van der Waals surface area (Å²) >= 11 is 1.53. The van der Waals surface area contributed by atoms with Crippen LogP contribution in [0.4, 0.5) is 5.00 Å². The zero-order valence-electron chi connectivity index (χ0n) is 8.57. The lowest BCUT2D eigenvalue weighted by Gasteiger charge is -2.02. The maximum Gasteiger partial charge on any atom is 0.117 e. The van der Waals surface area contributed by atoms with Crippen molar-refractivity contribution in [2.75, 3.05) is 18.4 Å². The zero-order chi connectivity index (χ0) is 10.5. The van der Waals surface area contributed by atoms with Crippen LogP contribution in [-0.4, -0.2) is 17.5 Å². The Labute approximate surface area is 93.5 Å². The molecule has 1 aromatic carbocycles.